The fourth-order valence-corrected chi connectivity index (χ4v) is 2.70. The molecule has 0 aliphatic heterocycles. The van der Waals surface area contributed by atoms with E-state index in [9.17, 15) is 4.79 Å². The van der Waals surface area contributed by atoms with Crippen molar-refractivity contribution in [3.05, 3.63) is 36.0 Å². The van der Waals surface area contributed by atoms with E-state index in [0.29, 0.717) is 17.5 Å². The molecule has 0 spiro atoms. The Balaban J connectivity index is 0.00000182. The molecular formula is C17H21ClN4O3. The Bertz CT molecular complexity index is 756. The van der Waals surface area contributed by atoms with Crippen molar-refractivity contribution in [2.75, 3.05) is 5.32 Å². The van der Waals surface area contributed by atoms with Gasteiger partial charge in [0.1, 0.15) is 5.75 Å². The van der Waals surface area contributed by atoms with Crippen LogP contribution in [0.5, 0.6) is 5.75 Å². The molecule has 0 saturated heterocycles. The highest BCUT2D eigenvalue weighted by atomic mass is 35.5. The van der Waals surface area contributed by atoms with Crippen LogP contribution in [0.1, 0.15) is 43.8 Å². The van der Waals surface area contributed by atoms with Gasteiger partial charge in [0.15, 0.2) is 12.4 Å². The normalized spacial score (nSPS) is 18.0. The average Bonchev–Trinajstić information content (AvgIpc) is 3.30. The molecule has 8 heteroatoms. The molecular weight excluding hydrogens is 344 g/mol. The molecule has 0 bridgehead atoms. The largest absolute Gasteiger partial charge is 0.484 e. The number of nitrogens with one attached hydrogen (secondary N) is 1. The minimum Gasteiger partial charge on any atom is -0.484 e. The Morgan fingerprint density at radius 2 is 2.20 bits per heavy atom. The van der Waals surface area contributed by atoms with Crippen LogP contribution in [-0.4, -0.2) is 16.0 Å². The van der Waals surface area contributed by atoms with E-state index in [-0.39, 0.29) is 30.8 Å². The molecule has 2 aromatic rings. The van der Waals surface area contributed by atoms with Gasteiger partial charge in [-0.1, -0.05) is 11.2 Å². The number of aromatic nitrogens is 2. The van der Waals surface area contributed by atoms with E-state index in [1.165, 1.54) is 0 Å². The Hall–Kier alpha value is -2.12. The zero-order chi connectivity index (χ0) is 16.6. The lowest BCUT2D eigenvalue weighted by Crippen LogP contribution is -2.44. The Kier molecular flexibility index (Phi) is 4.96. The topological polar surface area (TPSA) is 103 Å². The highest BCUT2D eigenvalue weighted by Crippen LogP contribution is 2.37. The number of benzene rings is 1. The van der Waals surface area contributed by atoms with Crippen LogP contribution in [0.15, 0.2) is 28.8 Å². The van der Waals surface area contributed by atoms with Crippen molar-refractivity contribution in [2.45, 2.75) is 44.2 Å². The van der Waals surface area contributed by atoms with Crippen LogP contribution in [0, 0.1) is 5.92 Å². The number of nitrogens with zero attached hydrogens (tertiary/aromatic N) is 2. The van der Waals surface area contributed by atoms with Crippen molar-refractivity contribution in [2.24, 2.45) is 11.7 Å². The number of rotatable bonds is 6. The van der Waals surface area contributed by atoms with Gasteiger partial charge >= 0.3 is 0 Å². The fourth-order valence-electron chi connectivity index (χ4n) is 2.70. The van der Waals surface area contributed by atoms with E-state index in [4.69, 9.17) is 15.0 Å². The summed E-state index contributed by atoms with van der Waals surface area (Å²) in [6.45, 7) is 0.170. The summed E-state index contributed by atoms with van der Waals surface area (Å²) >= 11 is 0. The van der Waals surface area contributed by atoms with Gasteiger partial charge in [0.25, 0.3) is 5.89 Å². The van der Waals surface area contributed by atoms with Gasteiger partial charge in [0.05, 0.1) is 5.54 Å². The Labute approximate surface area is 151 Å². The van der Waals surface area contributed by atoms with Crippen LogP contribution in [0.25, 0.3) is 0 Å². The molecule has 1 heterocycles. The summed E-state index contributed by atoms with van der Waals surface area (Å²) in [6.07, 6.45) is 4.82. The van der Waals surface area contributed by atoms with Crippen molar-refractivity contribution in [1.82, 2.24) is 10.1 Å². The third kappa shape index (κ3) is 3.93. The molecule has 1 aromatic carbocycles. The van der Waals surface area contributed by atoms with Gasteiger partial charge in [0, 0.05) is 17.7 Å². The second-order valence-corrected chi connectivity index (χ2v) is 6.60. The average molecular weight is 365 g/mol. The number of ether oxygens (including phenoxy) is 1. The minimum atomic E-state index is -0.436. The van der Waals surface area contributed by atoms with E-state index in [2.05, 4.69) is 15.5 Å². The lowest BCUT2D eigenvalue weighted by atomic mass is 9.77. The van der Waals surface area contributed by atoms with Gasteiger partial charge in [-0.15, -0.1) is 12.4 Å². The quantitative estimate of drug-likeness (QED) is 0.816. The maximum absolute atomic E-state index is 11.8. The van der Waals surface area contributed by atoms with Crippen molar-refractivity contribution >= 4 is 24.0 Å². The third-order valence-corrected chi connectivity index (χ3v) is 4.57. The Morgan fingerprint density at radius 1 is 1.40 bits per heavy atom. The molecule has 1 amide bonds. The van der Waals surface area contributed by atoms with Crippen molar-refractivity contribution in [3.63, 3.8) is 0 Å². The summed E-state index contributed by atoms with van der Waals surface area (Å²) < 4.78 is 10.9. The third-order valence-electron chi connectivity index (χ3n) is 4.57. The van der Waals surface area contributed by atoms with E-state index in [0.717, 1.165) is 37.8 Å². The van der Waals surface area contributed by atoms with E-state index >= 15 is 0 Å². The van der Waals surface area contributed by atoms with Crippen LogP contribution in [-0.2, 0) is 16.9 Å². The minimum absolute atomic E-state index is 0. The van der Waals surface area contributed by atoms with Gasteiger partial charge in [-0.3, -0.25) is 4.79 Å². The molecule has 25 heavy (non-hydrogen) atoms. The maximum atomic E-state index is 11.8. The van der Waals surface area contributed by atoms with E-state index < -0.39 is 5.54 Å². The van der Waals surface area contributed by atoms with E-state index in [1.807, 2.05) is 18.2 Å². The van der Waals surface area contributed by atoms with Crippen LogP contribution < -0.4 is 15.8 Å². The number of amides is 1. The number of hydrogen-bond donors (Lipinski definition) is 2. The summed E-state index contributed by atoms with van der Waals surface area (Å²) in [5.74, 6) is 1.82. The van der Waals surface area contributed by atoms with Crippen LogP contribution in [0.3, 0.4) is 0 Å². The molecule has 134 valence electrons. The number of halogens is 1. The second-order valence-electron chi connectivity index (χ2n) is 6.60. The number of anilines is 1. The molecule has 0 atom stereocenters. The summed E-state index contributed by atoms with van der Waals surface area (Å²) in [5.41, 5.74) is 6.47. The summed E-state index contributed by atoms with van der Waals surface area (Å²) in [6, 6.07) is 7.28. The first kappa shape index (κ1) is 17.7. The lowest BCUT2D eigenvalue weighted by Gasteiger charge is -2.34. The van der Waals surface area contributed by atoms with Crippen LogP contribution in [0.4, 0.5) is 5.69 Å². The molecule has 2 saturated carbocycles. The molecule has 3 N–H and O–H groups in total. The molecule has 2 aliphatic carbocycles. The predicted molar refractivity (Wildman–Crippen MR) is 93.4 cm³/mol. The molecule has 4 rings (SSSR count). The van der Waals surface area contributed by atoms with Gasteiger partial charge in [-0.25, -0.2) is 0 Å². The lowest BCUT2D eigenvalue weighted by molar-refractivity contribution is -0.117. The van der Waals surface area contributed by atoms with Crippen LogP contribution in [0.2, 0.25) is 0 Å². The Morgan fingerprint density at radius 3 is 2.88 bits per heavy atom. The molecule has 0 unspecified atom stereocenters. The molecule has 1 aromatic heterocycles. The monoisotopic (exact) mass is 364 g/mol. The predicted octanol–water partition coefficient (Wildman–Crippen LogP) is 2.76. The SMILES string of the molecule is Cl.NC1(c2noc(COc3cccc(NC(=O)C4CC4)c3)n2)CCC1. The zero-order valence-electron chi connectivity index (χ0n) is 13.7. The summed E-state index contributed by atoms with van der Waals surface area (Å²) in [7, 11) is 0. The smallest absolute Gasteiger partial charge is 0.264 e. The zero-order valence-corrected chi connectivity index (χ0v) is 14.6. The fraction of sp³-hybridized carbons (Fsp3) is 0.471. The van der Waals surface area contributed by atoms with Gasteiger partial charge in [0.2, 0.25) is 5.91 Å². The highest BCUT2D eigenvalue weighted by molar-refractivity contribution is 5.94. The van der Waals surface area contributed by atoms with Gasteiger partial charge in [-0.2, -0.15) is 4.98 Å². The van der Waals surface area contributed by atoms with E-state index in [1.54, 1.807) is 6.07 Å². The van der Waals surface area contributed by atoms with Crippen molar-refractivity contribution in [3.8, 4) is 5.75 Å². The molecule has 2 fully saturated rings. The first-order valence-corrected chi connectivity index (χ1v) is 8.28. The molecule has 0 radical (unpaired) electrons. The van der Waals surface area contributed by atoms with Gasteiger partial charge < -0.3 is 20.3 Å². The van der Waals surface area contributed by atoms with Crippen molar-refractivity contribution in [1.29, 1.82) is 0 Å². The number of carbonyl (C=O) groups excluding carboxylic acids is 1. The summed E-state index contributed by atoms with van der Waals surface area (Å²) in [5, 5.41) is 6.85. The molecule has 7 nitrogen and oxygen atoms in total. The van der Waals surface area contributed by atoms with Crippen LogP contribution >= 0.6 is 12.4 Å². The highest BCUT2D eigenvalue weighted by Gasteiger charge is 2.39. The first-order valence-electron chi connectivity index (χ1n) is 8.28. The number of hydrogen-bond acceptors (Lipinski definition) is 6. The molecule has 2 aliphatic rings. The van der Waals surface area contributed by atoms with Gasteiger partial charge in [-0.05, 0) is 44.2 Å². The first-order chi connectivity index (χ1) is 11.6. The summed E-state index contributed by atoms with van der Waals surface area (Å²) in [4.78, 5) is 16.1. The van der Waals surface area contributed by atoms with Crippen molar-refractivity contribution < 1.29 is 14.1 Å². The second kappa shape index (κ2) is 7.01. The number of nitrogens with two attached hydrogens (primary N) is 1. The number of carbonyl (C=O) groups is 1. The maximum Gasteiger partial charge on any atom is 0.264 e. The standard InChI is InChI=1S/C17H20N4O3.ClH/c18-17(7-2-8-17)16-20-14(24-21-16)10-23-13-4-1-3-12(9-13)19-15(22)11-5-6-11;/h1,3-4,9,11H,2,5-8,10,18H2,(H,19,22);1H.